The number of carbonyl (C=O) groups excluding carboxylic acids is 1. The number of carbonyl (C=O) groups is 1. The first-order valence-electron chi connectivity index (χ1n) is 7.96. The van der Waals surface area contributed by atoms with Crippen LogP contribution in [-0.4, -0.2) is 26.2 Å². The summed E-state index contributed by atoms with van der Waals surface area (Å²) in [5, 5.41) is 3.49. The molecule has 0 aliphatic carbocycles. The van der Waals surface area contributed by atoms with E-state index in [2.05, 4.69) is 5.32 Å². The van der Waals surface area contributed by atoms with E-state index in [1.165, 1.54) is 0 Å². The van der Waals surface area contributed by atoms with Gasteiger partial charge in [0.1, 0.15) is 5.75 Å². The predicted molar refractivity (Wildman–Crippen MR) is 99.1 cm³/mol. The molecule has 5 nitrogen and oxygen atoms in total. The van der Waals surface area contributed by atoms with Crippen LogP contribution in [0.4, 0.5) is 5.69 Å². The van der Waals surface area contributed by atoms with E-state index in [0.717, 1.165) is 12.0 Å². The number of hydrogen-bond donors (Lipinski definition) is 1. The maximum Gasteiger partial charge on any atom is 0.265 e. The topological polar surface area (TPSA) is 56.8 Å². The van der Waals surface area contributed by atoms with Gasteiger partial charge in [0.25, 0.3) is 5.91 Å². The number of nitrogens with one attached hydrogen (secondary N) is 1. The Morgan fingerprint density at radius 3 is 2.48 bits per heavy atom. The minimum atomic E-state index is -0.668. The molecule has 2 aromatic carbocycles. The molecule has 0 aromatic heterocycles. The average Bonchev–Trinajstić information content (AvgIpc) is 2.62. The van der Waals surface area contributed by atoms with Gasteiger partial charge in [-0.3, -0.25) is 4.79 Å². The van der Waals surface area contributed by atoms with Crippen LogP contribution in [0, 0.1) is 0 Å². The number of hydrogen-bond acceptors (Lipinski definition) is 4. The second kappa shape index (κ2) is 8.62. The molecular formula is C19H22ClNO4. The van der Waals surface area contributed by atoms with E-state index in [9.17, 15) is 4.79 Å². The zero-order valence-corrected chi connectivity index (χ0v) is 15.5. The largest absolute Gasteiger partial charge is 0.493 e. The quantitative estimate of drug-likeness (QED) is 0.795. The second-order valence-electron chi connectivity index (χ2n) is 5.43. The Morgan fingerprint density at radius 1 is 1.12 bits per heavy atom. The molecule has 25 heavy (non-hydrogen) atoms. The van der Waals surface area contributed by atoms with Gasteiger partial charge in [-0.2, -0.15) is 0 Å². The molecule has 0 saturated heterocycles. The molecule has 0 saturated carbocycles. The van der Waals surface area contributed by atoms with Crippen LogP contribution in [0.1, 0.15) is 19.4 Å². The van der Waals surface area contributed by atoms with E-state index in [4.69, 9.17) is 25.8 Å². The van der Waals surface area contributed by atoms with Crippen molar-refractivity contribution in [1.29, 1.82) is 0 Å². The van der Waals surface area contributed by atoms with Crippen LogP contribution in [0.15, 0.2) is 36.4 Å². The fraction of sp³-hybridized carbons (Fsp3) is 0.316. The van der Waals surface area contributed by atoms with Crippen LogP contribution in [0.2, 0.25) is 5.02 Å². The lowest BCUT2D eigenvalue weighted by Gasteiger charge is -2.16. The third-order valence-corrected chi connectivity index (χ3v) is 4.10. The third-order valence-electron chi connectivity index (χ3n) is 3.73. The van der Waals surface area contributed by atoms with Crippen molar-refractivity contribution in [2.24, 2.45) is 0 Å². The second-order valence-corrected chi connectivity index (χ2v) is 5.83. The number of aryl methyl sites for hydroxylation is 1. The minimum absolute atomic E-state index is 0.264. The van der Waals surface area contributed by atoms with E-state index in [1.807, 2.05) is 13.0 Å². The Balaban J connectivity index is 2.05. The SMILES string of the molecule is CCc1cc(OC(C)C(=O)Nc2ccc(OC)c(OC)c2)ccc1Cl. The van der Waals surface area contributed by atoms with Crippen molar-refractivity contribution in [2.75, 3.05) is 19.5 Å². The number of rotatable bonds is 7. The van der Waals surface area contributed by atoms with Gasteiger partial charge in [-0.25, -0.2) is 0 Å². The molecule has 0 spiro atoms. The Kier molecular flexibility index (Phi) is 6.53. The van der Waals surface area contributed by atoms with Gasteiger partial charge >= 0.3 is 0 Å². The Labute approximate surface area is 152 Å². The summed E-state index contributed by atoms with van der Waals surface area (Å²) in [7, 11) is 3.10. The standard InChI is InChI=1S/C19H22ClNO4/c1-5-13-10-15(7-8-16(13)20)25-12(2)19(22)21-14-6-9-17(23-3)18(11-14)24-4/h6-12H,5H2,1-4H3,(H,21,22). The van der Waals surface area contributed by atoms with Crippen LogP contribution < -0.4 is 19.5 Å². The number of methoxy groups -OCH3 is 2. The van der Waals surface area contributed by atoms with Crippen LogP contribution in [-0.2, 0) is 11.2 Å². The van der Waals surface area contributed by atoms with Crippen molar-refractivity contribution < 1.29 is 19.0 Å². The smallest absolute Gasteiger partial charge is 0.265 e. The van der Waals surface area contributed by atoms with Crippen molar-refractivity contribution in [3.63, 3.8) is 0 Å². The van der Waals surface area contributed by atoms with Crippen molar-refractivity contribution in [3.05, 3.63) is 47.0 Å². The van der Waals surface area contributed by atoms with E-state index < -0.39 is 6.10 Å². The van der Waals surface area contributed by atoms with Gasteiger partial charge in [-0.05, 0) is 49.2 Å². The first kappa shape index (κ1) is 18.9. The van der Waals surface area contributed by atoms with Crippen LogP contribution in [0.25, 0.3) is 0 Å². The molecule has 0 fully saturated rings. The molecule has 1 amide bonds. The molecule has 2 aromatic rings. The van der Waals surface area contributed by atoms with Crippen molar-refractivity contribution in [2.45, 2.75) is 26.4 Å². The highest BCUT2D eigenvalue weighted by Crippen LogP contribution is 2.30. The molecule has 1 atom stereocenters. The van der Waals surface area contributed by atoms with Gasteiger partial charge in [0.2, 0.25) is 0 Å². The molecule has 2 rings (SSSR count). The predicted octanol–water partition coefficient (Wildman–Crippen LogP) is 4.33. The molecule has 0 heterocycles. The van der Waals surface area contributed by atoms with Crippen molar-refractivity contribution in [3.8, 4) is 17.2 Å². The van der Waals surface area contributed by atoms with Crippen LogP contribution in [0.5, 0.6) is 17.2 Å². The van der Waals surface area contributed by atoms with Crippen molar-refractivity contribution in [1.82, 2.24) is 0 Å². The van der Waals surface area contributed by atoms with Crippen molar-refractivity contribution >= 4 is 23.2 Å². The summed E-state index contributed by atoms with van der Waals surface area (Å²) in [6.07, 6.45) is 0.126. The summed E-state index contributed by atoms with van der Waals surface area (Å²) < 4.78 is 16.1. The minimum Gasteiger partial charge on any atom is -0.493 e. The molecule has 0 bridgehead atoms. The number of ether oxygens (including phenoxy) is 3. The van der Waals surface area contributed by atoms with E-state index in [0.29, 0.717) is 28.0 Å². The molecule has 1 unspecified atom stereocenters. The summed E-state index contributed by atoms with van der Waals surface area (Å²) >= 11 is 6.10. The molecule has 0 aliphatic rings. The van der Waals surface area contributed by atoms with Crippen LogP contribution >= 0.6 is 11.6 Å². The average molecular weight is 364 g/mol. The lowest BCUT2D eigenvalue weighted by atomic mass is 10.1. The van der Waals surface area contributed by atoms with Gasteiger partial charge in [-0.15, -0.1) is 0 Å². The lowest BCUT2D eigenvalue weighted by Crippen LogP contribution is -2.30. The summed E-state index contributed by atoms with van der Waals surface area (Å²) in [5.41, 5.74) is 1.58. The highest BCUT2D eigenvalue weighted by molar-refractivity contribution is 6.31. The fourth-order valence-corrected chi connectivity index (χ4v) is 2.56. The van der Waals surface area contributed by atoms with E-state index in [-0.39, 0.29) is 5.91 Å². The normalized spacial score (nSPS) is 11.6. The number of benzene rings is 2. The summed E-state index contributed by atoms with van der Waals surface area (Å²) in [4.78, 5) is 12.4. The first-order valence-corrected chi connectivity index (χ1v) is 8.34. The Morgan fingerprint density at radius 2 is 1.84 bits per heavy atom. The molecule has 134 valence electrons. The number of halogens is 1. The highest BCUT2D eigenvalue weighted by Gasteiger charge is 2.16. The molecular weight excluding hydrogens is 342 g/mol. The first-order chi connectivity index (χ1) is 12.0. The third kappa shape index (κ3) is 4.79. The molecule has 0 radical (unpaired) electrons. The zero-order chi connectivity index (χ0) is 18.4. The van der Waals surface area contributed by atoms with E-state index in [1.54, 1.807) is 51.5 Å². The van der Waals surface area contributed by atoms with Gasteiger partial charge in [-0.1, -0.05) is 18.5 Å². The maximum atomic E-state index is 12.4. The number of anilines is 1. The monoisotopic (exact) mass is 363 g/mol. The van der Waals surface area contributed by atoms with Gasteiger partial charge in [0.15, 0.2) is 17.6 Å². The summed E-state index contributed by atoms with van der Waals surface area (Å²) in [6.45, 7) is 3.70. The Bertz CT molecular complexity index is 748. The fourth-order valence-electron chi connectivity index (χ4n) is 2.31. The molecule has 6 heteroatoms. The molecule has 0 aliphatic heterocycles. The molecule has 1 N–H and O–H groups in total. The number of amides is 1. The van der Waals surface area contributed by atoms with Crippen LogP contribution in [0.3, 0.4) is 0 Å². The Hall–Kier alpha value is -2.40. The lowest BCUT2D eigenvalue weighted by molar-refractivity contribution is -0.122. The summed E-state index contributed by atoms with van der Waals surface area (Å²) in [6, 6.07) is 10.5. The van der Waals surface area contributed by atoms with Gasteiger partial charge < -0.3 is 19.5 Å². The van der Waals surface area contributed by atoms with Gasteiger partial charge in [0, 0.05) is 16.8 Å². The zero-order valence-electron chi connectivity index (χ0n) is 14.8. The maximum absolute atomic E-state index is 12.4. The summed E-state index contributed by atoms with van der Waals surface area (Å²) in [5.74, 6) is 1.48. The van der Waals surface area contributed by atoms with E-state index >= 15 is 0 Å². The van der Waals surface area contributed by atoms with Gasteiger partial charge in [0.05, 0.1) is 14.2 Å². The highest BCUT2D eigenvalue weighted by atomic mass is 35.5.